The molecule has 1 N–H and O–H groups in total. The molecule has 1 aliphatic heterocycles. The molecule has 0 spiro atoms. The number of likely N-dealkylation sites (tertiary alicyclic amines) is 1. The van der Waals surface area contributed by atoms with Crippen molar-refractivity contribution in [2.45, 2.75) is 46.2 Å². The number of nitrogens with zero attached hydrogens (tertiary/aromatic N) is 1. The van der Waals surface area contributed by atoms with Gasteiger partial charge in [-0.1, -0.05) is 13.8 Å². The first-order chi connectivity index (χ1) is 6.54. The molecule has 2 heteroatoms. The first-order valence-electron chi connectivity index (χ1n) is 5.96. The lowest BCUT2D eigenvalue weighted by molar-refractivity contribution is 0.258. The van der Waals surface area contributed by atoms with Gasteiger partial charge in [0.05, 0.1) is 0 Å². The van der Waals surface area contributed by atoms with Crippen LogP contribution in [0.4, 0.5) is 0 Å². The van der Waals surface area contributed by atoms with Gasteiger partial charge in [0.1, 0.15) is 0 Å². The van der Waals surface area contributed by atoms with Crippen LogP contribution >= 0.6 is 0 Å². The SMILES string of the molecule is CNC1CN(C(C)C)C[C@H]1CC(C)C. The molecule has 1 heterocycles. The van der Waals surface area contributed by atoms with Crippen molar-refractivity contribution in [1.29, 1.82) is 0 Å². The zero-order valence-corrected chi connectivity index (χ0v) is 10.4. The zero-order chi connectivity index (χ0) is 10.7. The van der Waals surface area contributed by atoms with Gasteiger partial charge in [-0.3, -0.25) is 4.90 Å². The summed E-state index contributed by atoms with van der Waals surface area (Å²) in [6, 6.07) is 1.41. The molecule has 0 radical (unpaired) electrons. The van der Waals surface area contributed by atoms with Gasteiger partial charge in [0.2, 0.25) is 0 Å². The van der Waals surface area contributed by atoms with Gasteiger partial charge >= 0.3 is 0 Å². The van der Waals surface area contributed by atoms with Crippen LogP contribution in [0.2, 0.25) is 0 Å². The van der Waals surface area contributed by atoms with E-state index in [1.807, 2.05) is 0 Å². The third-order valence-corrected chi connectivity index (χ3v) is 3.34. The van der Waals surface area contributed by atoms with Crippen molar-refractivity contribution in [3.05, 3.63) is 0 Å². The van der Waals surface area contributed by atoms with E-state index in [1.165, 1.54) is 19.5 Å². The Morgan fingerprint density at radius 3 is 2.29 bits per heavy atom. The Balaban J connectivity index is 2.49. The summed E-state index contributed by atoms with van der Waals surface area (Å²) in [5.74, 6) is 1.67. The van der Waals surface area contributed by atoms with E-state index < -0.39 is 0 Å². The molecule has 0 saturated carbocycles. The van der Waals surface area contributed by atoms with Crippen molar-refractivity contribution in [2.75, 3.05) is 20.1 Å². The van der Waals surface area contributed by atoms with Crippen molar-refractivity contribution in [3.63, 3.8) is 0 Å². The molecule has 2 nitrogen and oxygen atoms in total. The van der Waals surface area contributed by atoms with E-state index in [0.29, 0.717) is 12.1 Å². The smallest absolute Gasteiger partial charge is 0.0232 e. The summed E-state index contributed by atoms with van der Waals surface area (Å²) in [4.78, 5) is 2.59. The fraction of sp³-hybridized carbons (Fsp3) is 1.00. The Labute approximate surface area is 89.1 Å². The second-order valence-electron chi connectivity index (χ2n) is 5.33. The second kappa shape index (κ2) is 5.13. The fourth-order valence-electron chi connectivity index (χ4n) is 2.50. The van der Waals surface area contributed by atoms with Crippen LogP contribution in [0, 0.1) is 11.8 Å². The highest BCUT2D eigenvalue weighted by molar-refractivity contribution is 4.89. The Morgan fingerprint density at radius 1 is 1.21 bits per heavy atom. The lowest BCUT2D eigenvalue weighted by Gasteiger charge is -2.20. The standard InChI is InChI=1S/C12H26N2/c1-9(2)6-11-7-14(10(3)4)8-12(11)13-5/h9-13H,6-8H2,1-5H3/t11-,12?/m1/s1. The van der Waals surface area contributed by atoms with Crippen LogP contribution < -0.4 is 5.32 Å². The highest BCUT2D eigenvalue weighted by Crippen LogP contribution is 2.24. The fourth-order valence-corrected chi connectivity index (χ4v) is 2.50. The van der Waals surface area contributed by atoms with Gasteiger partial charge in [0.15, 0.2) is 0 Å². The topological polar surface area (TPSA) is 15.3 Å². The summed E-state index contributed by atoms with van der Waals surface area (Å²) in [5.41, 5.74) is 0. The zero-order valence-electron chi connectivity index (χ0n) is 10.4. The third kappa shape index (κ3) is 2.96. The maximum absolute atomic E-state index is 3.46. The van der Waals surface area contributed by atoms with Crippen molar-refractivity contribution in [1.82, 2.24) is 10.2 Å². The van der Waals surface area contributed by atoms with Crippen LogP contribution in [0.15, 0.2) is 0 Å². The van der Waals surface area contributed by atoms with Crippen LogP contribution in [0.1, 0.15) is 34.1 Å². The van der Waals surface area contributed by atoms with Crippen molar-refractivity contribution in [2.24, 2.45) is 11.8 Å². The highest BCUT2D eigenvalue weighted by Gasteiger charge is 2.32. The summed E-state index contributed by atoms with van der Waals surface area (Å²) < 4.78 is 0. The number of likely N-dealkylation sites (N-methyl/N-ethyl adjacent to an activating group) is 1. The van der Waals surface area contributed by atoms with Crippen molar-refractivity contribution < 1.29 is 0 Å². The largest absolute Gasteiger partial charge is 0.315 e. The van der Waals surface area contributed by atoms with Crippen LogP contribution in [0.3, 0.4) is 0 Å². The number of nitrogens with one attached hydrogen (secondary N) is 1. The van der Waals surface area contributed by atoms with E-state index in [2.05, 4.69) is 45.0 Å². The molecule has 84 valence electrons. The number of hydrogen-bond acceptors (Lipinski definition) is 2. The molecule has 2 atom stereocenters. The molecule has 0 bridgehead atoms. The van der Waals surface area contributed by atoms with Crippen molar-refractivity contribution in [3.8, 4) is 0 Å². The summed E-state index contributed by atoms with van der Waals surface area (Å²) >= 11 is 0. The van der Waals surface area contributed by atoms with Crippen LogP contribution in [0.25, 0.3) is 0 Å². The quantitative estimate of drug-likeness (QED) is 0.743. The minimum atomic E-state index is 0.697. The minimum absolute atomic E-state index is 0.697. The maximum Gasteiger partial charge on any atom is 0.0232 e. The van der Waals surface area contributed by atoms with E-state index in [9.17, 15) is 0 Å². The molecule has 1 saturated heterocycles. The Hall–Kier alpha value is -0.0800. The normalized spacial score (nSPS) is 29.4. The summed E-state index contributed by atoms with van der Waals surface area (Å²) in [6.07, 6.45) is 1.36. The first kappa shape index (κ1) is 12.0. The van der Waals surface area contributed by atoms with Gasteiger partial charge in [-0.15, -0.1) is 0 Å². The average molecular weight is 198 g/mol. The molecule has 1 rings (SSSR count). The molecule has 0 amide bonds. The lowest BCUT2D eigenvalue weighted by atomic mass is 9.93. The Morgan fingerprint density at radius 2 is 1.86 bits per heavy atom. The molecular formula is C12H26N2. The predicted molar refractivity (Wildman–Crippen MR) is 62.5 cm³/mol. The lowest BCUT2D eigenvalue weighted by Crippen LogP contribution is -2.35. The molecule has 0 aromatic heterocycles. The van der Waals surface area contributed by atoms with E-state index in [-0.39, 0.29) is 0 Å². The van der Waals surface area contributed by atoms with E-state index in [1.54, 1.807) is 0 Å². The van der Waals surface area contributed by atoms with Gasteiger partial charge in [-0.2, -0.15) is 0 Å². The van der Waals surface area contributed by atoms with E-state index >= 15 is 0 Å². The summed E-state index contributed by atoms with van der Waals surface area (Å²) in [6.45, 7) is 11.7. The van der Waals surface area contributed by atoms with Gasteiger partial charge in [-0.25, -0.2) is 0 Å². The molecule has 14 heavy (non-hydrogen) atoms. The summed E-state index contributed by atoms with van der Waals surface area (Å²) in [7, 11) is 2.10. The molecule has 1 fully saturated rings. The first-order valence-corrected chi connectivity index (χ1v) is 5.96. The van der Waals surface area contributed by atoms with Crippen LogP contribution in [-0.4, -0.2) is 37.1 Å². The highest BCUT2D eigenvalue weighted by atomic mass is 15.2. The minimum Gasteiger partial charge on any atom is -0.315 e. The molecule has 0 aromatic rings. The van der Waals surface area contributed by atoms with E-state index in [0.717, 1.165) is 11.8 Å². The molecule has 1 aliphatic rings. The van der Waals surface area contributed by atoms with E-state index in [4.69, 9.17) is 0 Å². The van der Waals surface area contributed by atoms with Gasteiger partial charge < -0.3 is 5.32 Å². The molecule has 1 unspecified atom stereocenters. The maximum atomic E-state index is 3.46. The molecular weight excluding hydrogens is 172 g/mol. The number of rotatable bonds is 4. The van der Waals surface area contributed by atoms with Gasteiger partial charge in [-0.05, 0) is 39.2 Å². The predicted octanol–water partition coefficient (Wildman–Crippen LogP) is 1.96. The van der Waals surface area contributed by atoms with Gasteiger partial charge in [0, 0.05) is 25.2 Å². The van der Waals surface area contributed by atoms with Crippen LogP contribution in [-0.2, 0) is 0 Å². The summed E-state index contributed by atoms with van der Waals surface area (Å²) in [5, 5.41) is 3.46. The van der Waals surface area contributed by atoms with Crippen molar-refractivity contribution >= 4 is 0 Å². The third-order valence-electron chi connectivity index (χ3n) is 3.34. The van der Waals surface area contributed by atoms with Crippen LogP contribution in [0.5, 0.6) is 0 Å². The second-order valence-corrected chi connectivity index (χ2v) is 5.33. The average Bonchev–Trinajstić information content (AvgIpc) is 2.46. The number of hydrogen-bond donors (Lipinski definition) is 1. The Bertz CT molecular complexity index is 166. The molecule has 0 aromatic carbocycles. The Kier molecular flexibility index (Phi) is 4.39. The monoisotopic (exact) mass is 198 g/mol. The molecule has 0 aliphatic carbocycles. The van der Waals surface area contributed by atoms with Gasteiger partial charge in [0.25, 0.3) is 0 Å².